The van der Waals surface area contributed by atoms with Crippen LogP contribution in [0.4, 0.5) is 5.69 Å². The lowest BCUT2D eigenvalue weighted by atomic mass is 10.2. The fraction of sp³-hybridized carbons (Fsp3) is 0.350. The molecule has 0 amide bonds. The zero-order chi connectivity index (χ0) is 19.4. The summed E-state index contributed by atoms with van der Waals surface area (Å²) in [5.74, 6) is 1.61. The highest BCUT2D eigenvalue weighted by Crippen LogP contribution is 2.25. The first-order chi connectivity index (χ1) is 13.0. The van der Waals surface area contributed by atoms with Gasteiger partial charge in [-0.3, -0.25) is 0 Å². The molecular weight excluding hydrogens is 346 g/mol. The van der Waals surface area contributed by atoms with Crippen molar-refractivity contribution < 1.29 is 18.4 Å². The summed E-state index contributed by atoms with van der Waals surface area (Å²) >= 11 is 0. The van der Waals surface area contributed by atoms with Crippen LogP contribution in [0.1, 0.15) is 41.6 Å². The number of esters is 1. The lowest BCUT2D eigenvalue weighted by Gasteiger charge is -2.20. The first-order valence-corrected chi connectivity index (χ1v) is 8.93. The highest BCUT2D eigenvalue weighted by molar-refractivity contribution is 5.89. The fourth-order valence-corrected chi connectivity index (χ4v) is 2.87. The number of benzene rings is 1. The molecular formula is C20H23N3O4. The van der Waals surface area contributed by atoms with E-state index in [1.165, 1.54) is 0 Å². The number of rotatable bonds is 7. The molecule has 0 unspecified atom stereocenters. The van der Waals surface area contributed by atoms with Crippen LogP contribution in [0, 0.1) is 13.8 Å². The molecule has 0 aliphatic rings. The molecule has 0 bridgehead atoms. The van der Waals surface area contributed by atoms with Crippen LogP contribution in [0.15, 0.2) is 39.2 Å². The lowest BCUT2D eigenvalue weighted by Crippen LogP contribution is -2.21. The Labute approximate surface area is 157 Å². The summed E-state index contributed by atoms with van der Waals surface area (Å²) in [4.78, 5) is 14.4. The summed E-state index contributed by atoms with van der Waals surface area (Å²) < 4.78 is 16.3. The van der Waals surface area contributed by atoms with Crippen molar-refractivity contribution >= 4 is 11.7 Å². The van der Waals surface area contributed by atoms with Gasteiger partial charge in [0.25, 0.3) is 11.8 Å². The number of aromatic nitrogens is 2. The molecule has 0 saturated carbocycles. The Morgan fingerprint density at radius 3 is 2.37 bits per heavy atom. The molecule has 2 aromatic heterocycles. The number of carbonyl (C=O) groups excluding carboxylic acids is 1. The molecule has 0 radical (unpaired) electrons. The molecule has 0 atom stereocenters. The quantitative estimate of drug-likeness (QED) is 0.579. The van der Waals surface area contributed by atoms with E-state index in [1.54, 1.807) is 12.1 Å². The van der Waals surface area contributed by atoms with E-state index in [9.17, 15) is 4.79 Å². The second kappa shape index (κ2) is 8.07. The maximum Gasteiger partial charge on any atom is 0.338 e. The maximum atomic E-state index is 12.2. The number of nitrogens with zero attached hydrogens (tertiary/aromatic N) is 3. The largest absolute Gasteiger partial charge is 0.466 e. The van der Waals surface area contributed by atoms with Crippen molar-refractivity contribution in [3.8, 4) is 11.5 Å². The summed E-state index contributed by atoms with van der Waals surface area (Å²) in [5, 5.41) is 7.91. The Kier molecular flexibility index (Phi) is 5.59. The summed E-state index contributed by atoms with van der Waals surface area (Å²) in [6.45, 7) is 9.60. The molecule has 27 heavy (non-hydrogen) atoms. The third-order valence-corrected chi connectivity index (χ3v) is 4.30. The molecule has 0 saturated heterocycles. The first-order valence-electron chi connectivity index (χ1n) is 8.93. The highest BCUT2D eigenvalue weighted by Gasteiger charge is 2.16. The molecule has 3 aromatic rings. The van der Waals surface area contributed by atoms with Crippen molar-refractivity contribution in [1.29, 1.82) is 0 Å². The number of carbonyl (C=O) groups is 1. The average Bonchev–Trinajstić information content (AvgIpc) is 3.27. The van der Waals surface area contributed by atoms with Gasteiger partial charge in [-0.15, -0.1) is 10.2 Å². The topological polar surface area (TPSA) is 81.6 Å². The molecule has 0 spiro atoms. The van der Waals surface area contributed by atoms with Gasteiger partial charge in [-0.05, 0) is 58.0 Å². The smallest absolute Gasteiger partial charge is 0.338 e. The van der Waals surface area contributed by atoms with Crippen molar-refractivity contribution in [2.45, 2.75) is 34.3 Å². The maximum absolute atomic E-state index is 12.2. The minimum absolute atomic E-state index is 0.0838. The van der Waals surface area contributed by atoms with Gasteiger partial charge in [-0.1, -0.05) is 0 Å². The molecule has 0 N–H and O–H groups in total. The van der Waals surface area contributed by atoms with Gasteiger partial charge in [-0.2, -0.15) is 0 Å². The SMILES string of the molecule is CCN(CC)c1ccc(C(=O)OCc2nnc(-c3cc(C)oc3C)o2)cc1. The third kappa shape index (κ3) is 4.19. The number of anilines is 1. The van der Waals surface area contributed by atoms with Crippen molar-refractivity contribution in [2.24, 2.45) is 0 Å². The predicted octanol–water partition coefficient (Wildman–Crippen LogP) is 4.15. The second-order valence-electron chi connectivity index (χ2n) is 6.12. The minimum atomic E-state index is -0.434. The Bertz CT molecular complexity index is 908. The number of hydrogen-bond acceptors (Lipinski definition) is 7. The van der Waals surface area contributed by atoms with Gasteiger partial charge in [0, 0.05) is 18.8 Å². The van der Waals surface area contributed by atoms with E-state index in [-0.39, 0.29) is 12.5 Å². The van der Waals surface area contributed by atoms with E-state index in [2.05, 4.69) is 28.9 Å². The summed E-state index contributed by atoms with van der Waals surface area (Å²) in [6, 6.07) is 9.17. The fourth-order valence-electron chi connectivity index (χ4n) is 2.87. The monoisotopic (exact) mass is 369 g/mol. The van der Waals surface area contributed by atoms with Crippen molar-refractivity contribution in [1.82, 2.24) is 10.2 Å². The Balaban J connectivity index is 1.62. The van der Waals surface area contributed by atoms with Crippen LogP contribution in [0.3, 0.4) is 0 Å². The van der Waals surface area contributed by atoms with Gasteiger partial charge in [0.05, 0.1) is 11.1 Å². The van der Waals surface area contributed by atoms with Crippen molar-refractivity contribution in [2.75, 3.05) is 18.0 Å². The van der Waals surface area contributed by atoms with Crippen molar-refractivity contribution in [3.63, 3.8) is 0 Å². The van der Waals surface area contributed by atoms with E-state index < -0.39 is 5.97 Å². The lowest BCUT2D eigenvalue weighted by molar-refractivity contribution is 0.0438. The Morgan fingerprint density at radius 2 is 1.78 bits per heavy atom. The van der Waals surface area contributed by atoms with E-state index >= 15 is 0 Å². The normalized spacial score (nSPS) is 10.8. The molecule has 0 aliphatic carbocycles. The van der Waals surface area contributed by atoms with Gasteiger partial charge >= 0.3 is 5.97 Å². The van der Waals surface area contributed by atoms with Crippen LogP contribution in [0.5, 0.6) is 0 Å². The number of aryl methyl sites for hydroxylation is 2. The molecule has 142 valence electrons. The summed E-state index contributed by atoms with van der Waals surface area (Å²) in [5.41, 5.74) is 2.29. The van der Waals surface area contributed by atoms with E-state index in [4.69, 9.17) is 13.6 Å². The molecule has 7 nitrogen and oxygen atoms in total. The minimum Gasteiger partial charge on any atom is -0.466 e. The van der Waals surface area contributed by atoms with Crippen LogP contribution in [0.2, 0.25) is 0 Å². The van der Waals surface area contributed by atoms with Crippen LogP contribution in [-0.4, -0.2) is 29.3 Å². The van der Waals surface area contributed by atoms with Crippen LogP contribution < -0.4 is 4.90 Å². The number of ether oxygens (including phenoxy) is 1. The standard InChI is InChI=1S/C20H23N3O4/c1-5-23(6-2)16-9-7-15(8-10-16)20(24)25-12-18-21-22-19(27-18)17-11-13(3)26-14(17)4/h7-11H,5-6,12H2,1-4H3. The zero-order valence-corrected chi connectivity index (χ0v) is 16.0. The van der Waals surface area contributed by atoms with Crippen molar-refractivity contribution in [3.05, 3.63) is 53.3 Å². The Hall–Kier alpha value is -3.09. The van der Waals surface area contributed by atoms with Crippen LogP contribution >= 0.6 is 0 Å². The molecule has 3 rings (SSSR count). The predicted molar refractivity (Wildman–Crippen MR) is 101 cm³/mol. The van der Waals surface area contributed by atoms with E-state index in [0.29, 0.717) is 17.2 Å². The number of hydrogen-bond donors (Lipinski definition) is 0. The van der Waals surface area contributed by atoms with Gasteiger partial charge in [-0.25, -0.2) is 4.79 Å². The number of furan rings is 1. The summed E-state index contributed by atoms with van der Waals surface area (Å²) in [6.07, 6.45) is 0. The van der Waals surface area contributed by atoms with Crippen LogP contribution in [-0.2, 0) is 11.3 Å². The zero-order valence-electron chi connectivity index (χ0n) is 16.0. The summed E-state index contributed by atoms with van der Waals surface area (Å²) in [7, 11) is 0. The molecule has 7 heteroatoms. The van der Waals surface area contributed by atoms with Crippen LogP contribution in [0.25, 0.3) is 11.5 Å². The van der Waals surface area contributed by atoms with Gasteiger partial charge in [0.1, 0.15) is 11.5 Å². The molecule has 0 aliphatic heterocycles. The van der Waals surface area contributed by atoms with Gasteiger partial charge < -0.3 is 18.5 Å². The van der Waals surface area contributed by atoms with Gasteiger partial charge in [0.2, 0.25) is 0 Å². The van der Waals surface area contributed by atoms with E-state index in [0.717, 1.165) is 30.1 Å². The third-order valence-electron chi connectivity index (χ3n) is 4.30. The first kappa shape index (κ1) is 18.7. The molecule has 2 heterocycles. The highest BCUT2D eigenvalue weighted by atomic mass is 16.5. The van der Waals surface area contributed by atoms with Gasteiger partial charge in [0.15, 0.2) is 6.61 Å². The molecule has 1 aromatic carbocycles. The van der Waals surface area contributed by atoms with E-state index in [1.807, 2.05) is 32.0 Å². The Morgan fingerprint density at radius 1 is 1.07 bits per heavy atom. The second-order valence-corrected chi connectivity index (χ2v) is 6.12. The molecule has 0 fully saturated rings. The average molecular weight is 369 g/mol.